The molecular formula is C2H7GeO. The molecular weight excluding hydrogens is 113 g/mol. The summed E-state index contributed by atoms with van der Waals surface area (Å²) in [6, 6.07) is 0. The fourth-order valence-corrected chi connectivity index (χ4v) is 0. The van der Waals surface area contributed by atoms with Crippen molar-refractivity contribution in [3.8, 4) is 0 Å². The Labute approximate surface area is 34.8 Å². The van der Waals surface area contributed by atoms with Crippen LogP contribution in [0.15, 0.2) is 0 Å². The van der Waals surface area contributed by atoms with Gasteiger partial charge in [0.1, 0.15) is 0 Å². The summed E-state index contributed by atoms with van der Waals surface area (Å²) in [7, 11) is 0. The summed E-state index contributed by atoms with van der Waals surface area (Å²) >= 11 is 0.125. The van der Waals surface area contributed by atoms with Crippen LogP contribution in [-0.4, -0.2) is 16.5 Å². The first kappa shape index (κ1) is 8.84. The van der Waals surface area contributed by atoms with E-state index in [4.69, 9.17) is 3.78 Å². The first-order valence-electron chi connectivity index (χ1n) is 0.996. The van der Waals surface area contributed by atoms with Gasteiger partial charge in [0.2, 0.25) is 0 Å². The molecule has 0 aromatic heterocycles. The molecule has 1 radical (unpaired) electrons. The van der Waals surface area contributed by atoms with Crippen molar-refractivity contribution in [3.05, 3.63) is 6.92 Å². The summed E-state index contributed by atoms with van der Waals surface area (Å²) in [6.07, 6.45) is 0. The van der Waals surface area contributed by atoms with E-state index in [-0.39, 0.29) is 16.5 Å². The van der Waals surface area contributed by atoms with Crippen molar-refractivity contribution in [3.63, 3.8) is 0 Å². The topological polar surface area (TPSA) is 17.1 Å². The fraction of sp³-hybridized carbons (Fsp3) is 0.500. The van der Waals surface area contributed by atoms with Crippen molar-refractivity contribution < 1.29 is 3.78 Å². The van der Waals surface area contributed by atoms with Gasteiger partial charge in [-0.1, -0.05) is 13.8 Å². The first-order chi connectivity index (χ1) is 2.00. The summed E-state index contributed by atoms with van der Waals surface area (Å²) in [6.45, 7) is 5.00. The molecule has 0 heterocycles. The molecule has 2 heteroatoms. The molecule has 0 aromatic carbocycles. The van der Waals surface area contributed by atoms with Crippen molar-refractivity contribution in [1.82, 2.24) is 0 Å². The molecule has 0 aliphatic rings. The second-order valence-corrected chi connectivity index (χ2v) is 0. The maximum atomic E-state index is 8.38. The van der Waals surface area contributed by atoms with Gasteiger partial charge in [-0.2, -0.15) is 0 Å². The molecule has 0 unspecified atom stereocenters. The van der Waals surface area contributed by atoms with Gasteiger partial charge in [-0.15, -0.1) is 0 Å². The zero-order valence-electron chi connectivity index (χ0n) is 2.82. The van der Waals surface area contributed by atoms with Gasteiger partial charge in [-0.25, -0.2) is 0 Å². The molecule has 25 valence electrons. The van der Waals surface area contributed by atoms with Crippen molar-refractivity contribution in [2.24, 2.45) is 0 Å². The molecule has 0 aliphatic carbocycles. The standard InChI is InChI=1S/C2H5.GeH2O/c2*1-2/h1H2,2H3;1H2. The average Bonchev–Trinajstić information content (AvgIpc) is 1.50. The maximum absolute atomic E-state index is 8.38. The molecule has 0 amide bonds. The average molecular weight is 120 g/mol. The van der Waals surface area contributed by atoms with Crippen LogP contribution in [-0.2, 0) is 3.78 Å². The molecule has 0 spiro atoms. The van der Waals surface area contributed by atoms with Crippen molar-refractivity contribution >= 4 is 16.5 Å². The Hall–Kier alpha value is 0.343. The van der Waals surface area contributed by atoms with E-state index in [9.17, 15) is 0 Å². The van der Waals surface area contributed by atoms with Crippen LogP contribution in [0.4, 0.5) is 0 Å². The molecule has 0 aromatic rings. The predicted molar refractivity (Wildman–Crippen MR) is 20.3 cm³/mol. The van der Waals surface area contributed by atoms with Crippen LogP contribution in [0.3, 0.4) is 0 Å². The Balaban J connectivity index is 0. The van der Waals surface area contributed by atoms with E-state index >= 15 is 0 Å². The van der Waals surface area contributed by atoms with E-state index in [0.717, 1.165) is 0 Å². The van der Waals surface area contributed by atoms with Crippen molar-refractivity contribution in [2.75, 3.05) is 0 Å². The Morgan fingerprint density at radius 3 is 1.50 bits per heavy atom. The van der Waals surface area contributed by atoms with Crippen LogP contribution in [0.5, 0.6) is 0 Å². The van der Waals surface area contributed by atoms with Gasteiger partial charge in [0.25, 0.3) is 0 Å². The minimum atomic E-state index is 0.125. The monoisotopic (exact) mass is 121 g/mol. The third-order valence-corrected chi connectivity index (χ3v) is 0. The van der Waals surface area contributed by atoms with Gasteiger partial charge in [0, 0.05) is 0 Å². The van der Waals surface area contributed by atoms with Crippen LogP contribution >= 0.6 is 0 Å². The summed E-state index contributed by atoms with van der Waals surface area (Å²) in [5, 5.41) is 0. The molecule has 0 fully saturated rings. The number of rotatable bonds is 0. The Morgan fingerprint density at radius 2 is 1.50 bits per heavy atom. The summed E-state index contributed by atoms with van der Waals surface area (Å²) < 4.78 is 8.38. The minimum absolute atomic E-state index is 0.125. The van der Waals surface area contributed by atoms with Gasteiger partial charge in [0.15, 0.2) is 0 Å². The van der Waals surface area contributed by atoms with Gasteiger partial charge in [0.05, 0.1) is 0 Å². The van der Waals surface area contributed by atoms with Gasteiger partial charge >= 0.3 is 20.2 Å². The number of hydrogen-bond donors (Lipinski definition) is 0. The summed E-state index contributed by atoms with van der Waals surface area (Å²) in [5.41, 5.74) is 0. The normalized spacial score (nSPS) is 2.50. The fourth-order valence-electron chi connectivity index (χ4n) is 0. The van der Waals surface area contributed by atoms with E-state index in [1.807, 2.05) is 0 Å². The predicted octanol–water partition coefficient (Wildman–Crippen LogP) is -0.195. The molecule has 0 atom stereocenters. The number of hydrogen-bond acceptors (Lipinski definition) is 1. The van der Waals surface area contributed by atoms with Gasteiger partial charge in [-0.3, -0.25) is 0 Å². The molecule has 0 N–H and O–H groups in total. The molecule has 0 rings (SSSR count). The zero-order chi connectivity index (χ0) is 4.00. The quantitative estimate of drug-likeness (QED) is 0.404. The van der Waals surface area contributed by atoms with E-state index in [0.29, 0.717) is 0 Å². The SMILES string of the molecule is [CH2]C.[O]=[GeH2]. The van der Waals surface area contributed by atoms with E-state index in [1.165, 1.54) is 0 Å². The van der Waals surface area contributed by atoms with Gasteiger partial charge < -0.3 is 0 Å². The molecule has 0 aliphatic heterocycles. The summed E-state index contributed by atoms with van der Waals surface area (Å²) in [5.74, 6) is 0. The molecule has 4 heavy (non-hydrogen) atoms. The van der Waals surface area contributed by atoms with Crippen LogP contribution in [0, 0.1) is 6.92 Å². The van der Waals surface area contributed by atoms with Crippen molar-refractivity contribution in [1.29, 1.82) is 0 Å². The molecule has 1 nitrogen and oxygen atoms in total. The second-order valence-electron chi connectivity index (χ2n) is 0. The molecule has 0 saturated carbocycles. The second kappa shape index (κ2) is 156. The molecule has 0 bridgehead atoms. The Morgan fingerprint density at radius 1 is 1.50 bits per heavy atom. The van der Waals surface area contributed by atoms with Crippen LogP contribution in [0.2, 0.25) is 0 Å². The van der Waals surface area contributed by atoms with Crippen LogP contribution in [0.25, 0.3) is 0 Å². The van der Waals surface area contributed by atoms with Crippen LogP contribution in [0.1, 0.15) is 6.92 Å². The van der Waals surface area contributed by atoms with E-state index < -0.39 is 0 Å². The van der Waals surface area contributed by atoms with E-state index in [2.05, 4.69) is 6.92 Å². The summed E-state index contributed by atoms with van der Waals surface area (Å²) in [4.78, 5) is 0. The Bertz CT molecular complexity index is 6.00. The van der Waals surface area contributed by atoms with E-state index in [1.54, 1.807) is 6.92 Å². The van der Waals surface area contributed by atoms with Crippen molar-refractivity contribution in [2.45, 2.75) is 6.92 Å². The van der Waals surface area contributed by atoms with Gasteiger partial charge in [-0.05, 0) is 0 Å². The first-order valence-corrected chi connectivity index (χ1v) is 2.21. The zero-order valence-corrected chi connectivity index (χ0v) is 5.79. The van der Waals surface area contributed by atoms with Crippen LogP contribution < -0.4 is 0 Å². The third-order valence-electron chi connectivity index (χ3n) is 0. The Kier molecular flexibility index (Phi) is 345. The third kappa shape index (κ3) is 35.9. The molecule has 0 saturated heterocycles.